The molecular formula is C27H28N2O5. The van der Waals surface area contributed by atoms with Gasteiger partial charge in [-0.05, 0) is 41.0 Å². The van der Waals surface area contributed by atoms with Gasteiger partial charge >= 0.3 is 12.1 Å². The van der Waals surface area contributed by atoms with Crippen LogP contribution in [0.15, 0.2) is 60.7 Å². The van der Waals surface area contributed by atoms with Crippen LogP contribution < -0.4 is 10.6 Å². The lowest BCUT2D eigenvalue weighted by molar-refractivity contribution is -0.140. The monoisotopic (exact) mass is 460 g/mol. The van der Waals surface area contributed by atoms with Crippen LogP contribution in [-0.2, 0) is 14.3 Å². The molecule has 2 aromatic rings. The molecule has 2 amide bonds. The first-order valence-electron chi connectivity index (χ1n) is 11.8. The zero-order valence-electron chi connectivity index (χ0n) is 18.8. The summed E-state index contributed by atoms with van der Waals surface area (Å²) in [5.41, 5.74) is 4.57. The molecule has 0 spiro atoms. The molecule has 2 aromatic carbocycles. The highest BCUT2D eigenvalue weighted by molar-refractivity contribution is 5.86. The Morgan fingerprint density at radius 2 is 1.62 bits per heavy atom. The van der Waals surface area contributed by atoms with Crippen molar-refractivity contribution in [3.8, 4) is 11.1 Å². The van der Waals surface area contributed by atoms with E-state index in [9.17, 15) is 14.4 Å². The first kappa shape index (κ1) is 22.2. The number of carbonyl (C=O) groups excluding carboxylic acids is 2. The van der Waals surface area contributed by atoms with Crippen LogP contribution in [-0.4, -0.2) is 41.8 Å². The molecule has 3 aliphatic rings. The van der Waals surface area contributed by atoms with Gasteiger partial charge < -0.3 is 20.5 Å². The molecule has 5 rings (SSSR count). The molecule has 3 unspecified atom stereocenters. The van der Waals surface area contributed by atoms with Crippen LogP contribution in [0.4, 0.5) is 4.79 Å². The SMILES string of the molecule is O=C(NC(CC1CC1)C(=O)NC1C=CC(C(=O)O)C1)OCC1c2ccccc2-c2ccccc21. The van der Waals surface area contributed by atoms with E-state index in [0.717, 1.165) is 35.1 Å². The van der Waals surface area contributed by atoms with E-state index in [1.807, 2.05) is 24.3 Å². The van der Waals surface area contributed by atoms with Crippen LogP contribution in [0.25, 0.3) is 11.1 Å². The predicted octanol–water partition coefficient (Wildman–Crippen LogP) is 3.84. The minimum atomic E-state index is -0.903. The number of nitrogens with one attached hydrogen (secondary N) is 2. The van der Waals surface area contributed by atoms with Crippen LogP contribution >= 0.6 is 0 Å². The van der Waals surface area contributed by atoms with Crippen LogP contribution in [0.1, 0.15) is 42.7 Å². The highest BCUT2D eigenvalue weighted by atomic mass is 16.5. The quantitative estimate of drug-likeness (QED) is 0.519. The fourth-order valence-electron chi connectivity index (χ4n) is 4.97. The first-order valence-corrected chi connectivity index (χ1v) is 11.8. The van der Waals surface area contributed by atoms with Gasteiger partial charge in [-0.1, -0.05) is 73.5 Å². The Morgan fingerprint density at radius 1 is 0.971 bits per heavy atom. The standard InChI is InChI=1S/C27H28N2O5/c30-25(28-18-12-11-17(14-18)26(31)32)24(13-16-9-10-16)29-27(33)34-15-23-21-7-3-1-5-19(21)20-6-2-4-8-22(20)23/h1-8,11-12,16-18,23-24H,9-10,13-15H2,(H,28,30)(H,29,33)(H,31,32). The summed E-state index contributed by atoms with van der Waals surface area (Å²) in [4.78, 5) is 36.8. The molecule has 1 fully saturated rings. The molecule has 34 heavy (non-hydrogen) atoms. The van der Waals surface area contributed by atoms with E-state index < -0.39 is 24.0 Å². The maximum absolute atomic E-state index is 12.9. The third kappa shape index (κ3) is 4.69. The highest BCUT2D eigenvalue weighted by Gasteiger charge is 2.34. The van der Waals surface area contributed by atoms with Crippen molar-refractivity contribution in [1.29, 1.82) is 0 Å². The van der Waals surface area contributed by atoms with E-state index in [2.05, 4.69) is 34.9 Å². The van der Waals surface area contributed by atoms with Gasteiger partial charge in [-0.15, -0.1) is 0 Å². The summed E-state index contributed by atoms with van der Waals surface area (Å²) in [6.45, 7) is 0.184. The highest BCUT2D eigenvalue weighted by Crippen LogP contribution is 2.44. The van der Waals surface area contributed by atoms with Crippen molar-refractivity contribution in [3.05, 3.63) is 71.8 Å². The maximum atomic E-state index is 12.9. The number of carboxylic acid groups (broad SMARTS) is 1. The first-order chi connectivity index (χ1) is 16.5. The Bertz CT molecular complexity index is 1090. The molecule has 0 saturated heterocycles. The summed E-state index contributed by atoms with van der Waals surface area (Å²) >= 11 is 0. The molecule has 0 radical (unpaired) electrons. The number of fused-ring (bicyclic) bond motifs is 3. The van der Waals surface area contributed by atoms with Crippen molar-refractivity contribution < 1.29 is 24.2 Å². The van der Waals surface area contributed by atoms with Gasteiger partial charge in [-0.3, -0.25) is 9.59 Å². The predicted molar refractivity (Wildman–Crippen MR) is 126 cm³/mol. The number of aliphatic carboxylic acids is 1. The summed E-state index contributed by atoms with van der Waals surface area (Å²) in [6.07, 6.45) is 5.64. The summed E-state index contributed by atoms with van der Waals surface area (Å²) in [7, 11) is 0. The molecule has 7 nitrogen and oxygen atoms in total. The lowest BCUT2D eigenvalue weighted by Crippen LogP contribution is -2.49. The van der Waals surface area contributed by atoms with Gasteiger partial charge in [0.05, 0.1) is 5.92 Å². The Kier molecular flexibility index (Phi) is 6.09. The molecule has 0 aliphatic heterocycles. The summed E-state index contributed by atoms with van der Waals surface area (Å²) in [5, 5.41) is 14.8. The number of ether oxygens (including phenoxy) is 1. The number of hydrogen-bond donors (Lipinski definition) is 3. The number of carbonyl (C=O) groups is 3. The Balaban J connectivity index is 1.20. The van der Waals surface area contributed by atoms with Gasteiger partial charge in [0.1, 0.15) is 12.6 Å². The second-order valence-corrected chi connectivity index (χ2v) is 9.38. The van der Waals surface area contributed by atoms with E-state index >= 15 is 0 Å². The smallest absolute Gasteiger partial charge is 0.407 e. The lowest BCUT2D eigenvalue weighted by atomic mass is 9.98. The van der Waals surface area contributed by atoms with E-state index in [1.165, 1.54) is 0 Å². The summed E-state index contributed by atoms with van der Waals surface area (Å²) in [5.74, 6) is -1.44. The topological polar surface area (TPSA) is 105 Å². The largest absolute Gasteiger partial charge is 0.481 e. The molecule has 3 N–H and O–H groups in total. The molecule has 3 atom stereocenters. The van der Waals surface area contributed by atoms with Gasteiger partial charge in [-0.25, -0.2) is 4.79 Å². The zero-order valence-corrected chi connectivity index (χ0v) is 18.8. The average molecular weight is 461 g/mol. The van der Waals surface area contributed by atoms with E-state index in [1.54, 1.807) is 12.2 Å². The van der Waals surface area contributed by atoms with Gasteiger partial charge in [0, 0.05) is 12.0 Å². The van der Waals surface area contributed by atoms with Crippen LogP contribution in [0.3, 0.4) is 0 Å². The molecule has 176 valence electrons. The number of rotatable bonds is 8. The second kappa shape index (κ2) is 9.33. The molecule has 0 heterocycles. The van der Waals surface area contributed by atoms with Crippen molar-refractivity contribution in [3.63, 3.8) is 0 Å². The van der Waals surface area contributed by atoms with Crippen molar-refractivity contribution in [2.45, 2.75) is 43.7 Å². The Hall–Kier alpha value is -3.61. The number of hydrogen-bond acceptors (Lipinski definition) is 4. The summed E-state index contributed by atoms with van der Waals surface area (Å²) < 4.78 is 5.62. The molecule has 1 saturated carbocycles. The molecule has 3 aliphatic carbocycles. The summed E-state index contributed by atoms with van der Waals surface area (Å²) in [6, 6.07) is 15.2. The van der Waals surface area contributed by atoms with Crippen molar-refractivity contribution in [2.24, 2.45) is 11.8 Å². The zero-order chi connectivity index (χ0) is 23.7. The van der Waals surface area contributed by atoms with Gasteiger partial charge in [0.25, 0.3) is 0 Å². The number of carboxylic acids is 1. The molecular weight excluding hydrogens is 432 g/mol. The third-order valence-corrected chi connectivity index (χ3v) is 6.95. The normalized spacial score (nSPS) is 21.4. The van der Waals surface area contributed by atoms with Gasteiger partial charge in [-0.2, -0.15) is 0 Å². The van der Waals surface area contributed by atoms with Crippen LogP contribution in [0, 0.1) is 11.8 Å². The van der Waals surface area contributed by atoms with Crippen molar-refractivity contribution in [1.82, 2.24) is 10.6 Å². The fraction of sp³-hybridized carbons (Fsp3) is 0.370. The number of amides is 2. The van der Waals surface area contributed by atoms with Crippen molar-refractivity contribution in [2.75, 3.05) is 6.61 Å². The maximum Gasteiger partial charge on any atom is 0.407 e. The van der Waals surface area contributed by atoms with Crippen molar-refractivity contribution >= 4 is 18.0 Å². The molecule has 7 heteroatoms. The fourth-order valence-corrected chi connectivity index (χ4v) is 4.97. The lowest BCUT2D eigenvalue weighted by Gasteiger charge is -2.21. The van der Waals surface area contributed by atoms with Crippen LogP contribution in [0.5, 0.6) is 0 Å². The van der Waals surface area contributed by atoms with E-state index in [0.29, 0.717) is 18.8 Å². The van der Waals surface area contributed by atoms with E-state index in [-0.39, 0.29) is 24.5 Å². The third-order valence-electron chi connectivity index (χ3n) is 6.95. The minimum absolute atomic E-state index is 0.0505. The second-order valence-electron chi connectivity index (χ2n) is 9.38. The Morgan fingerprint density at radius 3 is 2.21 bits per heavy atom. The van der Waals surface area contributed by atoms with Gasteiger partial charge in [0.15, 0.2) is 0 Å². The molecule has 0 bridgehead atoms. The Labute approximate surface area is 198 Å². The molecule has 0 aromatic heterocycles. The van der Waals surface area contributed by atoms with Crippen LogP contribution in [0.2, 0.25) is 0 Å². The average Bonchev–Trinajstić information content (AvgIpc) is 3.42. The number of alkyl carbamates (subject to hydrolysis) is 1. The minimum Gasteiger partial charge on any atom is -0.481 e. The number of benzene rings is 2. The van der Waals surface area contributed by atoms with E-state index in [4.69, 9.17) is 9.84 Å². The van der Waals surface area contributed by atoms with Gasteiger partial charge in [0.2, 0.25) is 5.91 Å².